The van der Waals surface area contributed by atoms with Gasteiger partial charge in [0.25, 0.3) is 5.91 Å². The Hall–Kier alpha value is -0.880. The summed E-state index contributed by atoms with van der Waals surface area (Å²) < 4.78 is 0. The molecular weight excluding hydrogens is 277 g/mol. The second-order valence-electron chi connectivity index (χ2n) is 3.92. The second kappa shape index (κ2) is 8.26. The van der Waals surface area contributed by atoms with Gasteiger partial charge in [0.1, 0.15) is 0 Å². The number of nitrogens with zero attached hydrogens (tertiary/aromatic N) is 1. The SMILES string of the molecule is Cl.Cl.O=C(NC1CNCC1CO)c1ccncc1. The lowest BCUT2D eigenvalue weighted by molar-refractivity contribution is 0.0921. The normalized spacial score (nSPS) is 21.6. The smallest absolute Gasteiger partial charge is 0.251 e. The standard InChI is InChI=1S/C11H15N3O2.2ClH/c15-7-9-5-13-6-10(9)14-11(16)8-1-3-12-4-2-8;;/h1-4,9-10,13,15H,5-7H2,(H,14,16);2*1H. The minimum Gasteiger partial charge on any atom is -0.396 e. The number of carbonyl (C=O) groups excluding carboxylic acids is 1. The summed E-state index contributed by atoms with van der Waals surface area (Å²) in [6, 6.07) is 3.35. The molecule has 1 aliphatic heterocycles. The zero-order valence-electron chi connectivity index (χ0n) is 9.70. The Labute approximate surface area is 118 Å². The van der Waals surface area contributed by atoms with Crippen LogP contribution in [0.4, 0.5) is 0 Å². The number of hydrogen-bond acceptors (Lipinski definition) is 4. The second-order valence-corrected chi connectivity index (χ2v) is 3.92. The third-order valence-electron chi connectivity index (χ3n) is 2.83. The summed E-state index contributed by atoms with van der Waals surface area (Å²) in [5, 5.41) is 15.2. The van der Waals surface area contributed by atoms with Gasteiger partial charge in [-0.15, -0.1) is 24.8 Å². The highest BCUT2D eigenvalue weighted by molar-refractivity contribution is 5.94. The molecule has 5 nitrogen and oxygen atoms in total. The molecule has 1 saturated heterocycles. The van der Waals surface area contributed by atoms with Crippen LogP contribution in [-0.2, 0) is 0 Å². The van der Waals surface area contributed by atoms with Crippen molar-refractivity contribution in [3.05, 3.63) is 30.1 Å². The molecule has 3 N–H and O–H groups in total. The molecule has 1 aromatic rings. The number of halogens is 2. The molecule has 2 atom stereocenters. The first kappa shape index (κ1) is 17.1. The molecule has 0 spiro atoms. The first-order valence-electron chi connectivity index (χ1n) is 5.33. The van der Waals surface area contributed by atoms with E-state index in [1.807, 2.05) is 0 Å². The van der Waals surface area contributed by atoms with Gasteiger partial charge in [0.2, 0.25) is 0 Å². The Kier molecular flexibility index (Phi) is 7.86. The molecule has 0 aliphatic carbocycles. The summed E-state index contributed by atoms with van der Waals surface area (Å²) in [5.41, 5.74) is 0.596. The molecular formula is C11H17Cl2N3O2. The van der Waals surface area contributed by atoms with Gasteiger partial charge in [-0.3, -0.25) is 9.78 Å². The Morgan fingerprint density at radius 2 is 2.06 bits per heavy atom. The van der Waals surface area contributed by atoms with Gasteiger partial charge in [-0.1, -0.05) is 0 Å². The maximum atomic E-state index is 11.8. The van der Waals surface area contributed by atoms with Crippen LogP contribution in [0.3, 0.4) is 0 Å². The lowest BCUT2D eigenvalue weighted by atomic mass is 10.0. The maximum Gasteiger partial charge on any atom is 0.251 e. The minimum atomic E-state index is -0.116. The molecule has 102 valence electrons. The summed E-state index contributed by atoms with van der Waals surface area (Å²) >= 11 is 0. The molecule has 0 radical (unpaired) electrons. The number of aliphatic hydroxyl groups is 1. The zero-order valence-corrected chi connectivity index (χ0v) is 11.3. The molecule has 0 saturated carbocycles. The maximum absolute atomic E-state index is 11.8. The molecule has 1 aromatic heterocycles. The molecule has 2 unspecified atom stereocenters. The van der Waals surface area contributed by atoms with Crippen LogP contribution in [-0.4, -0.2) is 41.7 Å². The monoisotopic (exact) mass is 293 g/mol. The molecule has 2 heterocycles. The van der Waals surface area contributed by atoms with Crippen LogP contribution >= 0.6 is 24.8 Å². The lowest BCUT2D eigenvalue weighted by Gasteiger charge is -2.17. The van der Waals surface area contributed by atoms with Crippen LogP contribution in [0.5, 0.6) is 0 Å². The average Bonchev–Trinajstić information content (AvgIpc) is 2.77. The van der Waals surface area contributed by atoms with E-state index in [2.05, 4.69) is 15.6 Å². The number of aliphatic hydroxyl groups excluding tert-OH is 1. The van der Waals surface area contributed by atoms with Crippen molar-refractivity contribution in [1.29, 1.82) is 0 Å². The molecule has 7 heteroatoms. The highest BCUT2D eigenvalue weighted by atomic mass is 35.5. The topological polar surface area (TPSA) is 74.2 Å². The minimum absolute atomic E-state index is 0. The van der Waals surface area contributed by atoms with Crippen LogP contribution in [0.2, 0.25) is 0 Å². The van der Waals surface area contributed by atoms with E-state index < -0.39 is 0 Å². The van der Waals surface area contributed by atoms with E-state index in [4.69, 9.17) is 5.11 Å². The van der Waals surface area contributed by atoms with Crippen molar-refractivity contribution in [2.75, 3.05) is 19.7 Å². The van der Waals surface area contributed by atoms with Crippen LogP contribution in [0.15, 0.2) is 24.5 Å². The van der Waals surface area contributed by atoms with E-state index in [9.17, 15) is 4.79 Å². The fourth-order valence-corrected chi connectivity index (χ4v) is 1.85. The fraction of sp³-hybridized carbons (Fsp3) is 0.455. The number of rotatable bonds is 3. The van der Waals surface area contributed by atoms with Gasteiger partial charge in [-0.05, 0) is 12.1 Å². The van der Waals surface area contributed by atoms with E-state index in [1.54, 1.807) is 24.5 Å². The molecule has 0 bridgehead atoms. The number of amides is 1. The van der Waals surface area contributed by atoms with Crippen molar-refractivity contribution in [1.82, 2.24) is 15.6 Å². The van der Waals surface area contributed by atoms with Gasteiger partial charge < -0.3 is 15.7 Å². The summed E-state index contributed by atoms with van der Waals surface area (Å²) in [6.45, 7) is 1.55. The number of hydrogen-bond donors (Lipinski definition) is 3. The van der Waals surface area contributed by atoms with Gasteiger partial charge in [0, 0.05) is 49.6 Å². The van der Waals surface area contributed by atoms with Crippen molar-refractivity contribution in [2.24, 2.45) is 5.92 Å². The van der Waals surface area contributed by atoms with Gasteiger partial charge >= 0.3 is 0 Å². The average molecular weight is 294 g/mol. The van der Waals surface area contributed by atoms with Crippen LogP contribution < -0.4 is 10.6 Å². The van der Waals surface area contributed by atoms with E-state index in [1.165, 1.54) is 0 Å². The van der Waals surface area contributed by atoms with E-state index in [0.29, 0.717) is 12.1 Å². The van der Waals surface area contributed by atoms with Gasteiger partial charge in [-0.25, -0.2) is 0 Å². The first-order valence-corrected chi connectivity index (χ1v) is 5.33. The van der Waals surface area contributed by atoms with Crippen LogP contribution in [0, 0.1) is 5.92 Å². The van der Waals surface area contributed by atoms with Crippen molar-refractivity contribution in [3.63, 3.8) is 0 Å². The van der Waals surface area contributed by atoms with Crippen LogP contribution in [0.25, 0.3) is 0 Å². The van der Waals surface area contributed by atoms with Crippen LogP contribution in [0.1, 0.15) is 10.4 Å². The fourth-order valence-electron chi connectivity index (χ4n) is 1.85. The Bertz CT molecular complexity index is 365. The predicted molar refractivity (Wildman–Crippen MR) is 73.4 cm³/mol. The van der Waals surface area contributed by atoms with E-state index >= 15 is 0 Å². The lowest BCUT2D eigenvalue weighted by Crippen LogP contribution is -2.41. The van der Waals surface area contributed by atoms with Gasteiger partial charge in [0.05, 0.1) is 0 Å². The van der Waals surface area contributed by atoms with Crippen molar-refractivity contribution in [3.8, 4) is 0 Å². The molecule has 18 heavy (non-hydrogen) atoms. The Morgan fingerprint density at radius 3 is 2.67 bits per heavy atom. The van der Waals surface area contributed by atoms with E-state index in [-0.39, 0.29) is 49.3 Å². The number of aromatic nitrogens is 1. The molecule has 1 aliphatic rings. The number of nitrogens with one attached hydrogen (secondary N) is 2. The summed E-state index contributed by atoms with van der Waals surface area (Å²) in [4.78, 5) is 15.7. The predicted octanol–water partition coefficient (Wildman–Crippen LogP) is 0.235. The van der Waals surface area contributed by atoms with Crippen molar-refractivity contribution >= 4 is 30.7 Å². The number of pyridine rings is 1. The molecule has 0 aromatic carbocycles. The largest absolute Gasteiger partial charge is 0.396 e. The van der Waals surface area contributed by atoms with Gasteiger partial charge in [0.15, 0.2) is 0 Å². The first-order chi connectivity index (χ1) is 7.81. The summed E-state index contributed by atoms with van der Waals surface area (Å²) in [5.74, 6) is -0.0136. The zero-order chi connectivity index (χ0) is 11.4. The van der Waals surface area contributed by atoms with Crippen molar-refractivity contribution in [2.45, 2.75) is 6.04 Å². The quantitative estimate of drug-likeness (QED) is 0.746. The Morgan fingerprint density at radius 1 is 1.39 bits per heavy atom. The Balaban J connectivity index is 0.00000144. The molecule has 2 rings (SSSR count). The summed E-state index contributed by atoms with van der Waals surface area (Å²) in [7, 11) is 0. The number of carbonyl (C=O) groups is 1. The highest BCUT2D eigenvalue weighted by Crippen LogP contribution is 2.09. The van der Waals surface area contributed by atoms with Gasteiger partial charge in [-0.2, -0.15) is 0 Å². The van der Waals surface area contributed by atoms with Crippen molar-refractivity contribution < 1.29 is 9.90 Å². The van der Waals surface area contributed by atoms with E-state index in [0.717, 1.165) is 6.54 Å². The third-order valence-corrected chi connectivity index (χ3v) is 2.83. The molecule has 1 amide bonds. The third kappa shape index (κ3) is 4.10. The molecule has 1 fully saturated rings. The highest BCUT2D eigenvalue weighted by Gasteiger charge is 2.27. The summed E-state index contributed by atoms with van der Waals surface area (Å²) in [6.07, 6.45) is 3.18.